The maximum absolute atomic E-state index is 7.42. The Balaban J connectivity index is 1.18. The number of aromatic nitrogens is 2. The Morgan fingerprint density at radius 1 is 0.646 bits per heavy atom. The quantitative estimate of drug-likeness (QED) is 0.149. The Bertz CT molecular complexity index is 2560. The fourth-order valence-corrected chi connectivity index (χ4v) is 7.26. The molecule has 7 aromatic carbocycles. The van der Waals surface area contributed by atoms with Crippen LogP contribution in [0.25, 0.3) is 78.0 Å². The Hall–Kier alpha value is -6.26. The molecule has 4 heteroatoms. The number of para-hydroxylation sites is 3. The number of nitrogens with one attached hydrogen (secondary N) is 1. The average molecular weight is 618 g/mol. The van der Waals surface area contributed by atoms with Gasteiger partial charge in [-0.2, -0.15) is 0 Å². The van der Waals surface area contributed by atoms with Gasteiger partial charge in [0.15, 0.2) is 0 Å². The number of fused-ring (bicyclic) bond motifs is 4. The molecule has 0 atom stereocenters. The molecule has 0 fully saturated rings. The van der Waals surface area contributed by atoms with Crippen molar-refractivity contribution in [1.29, 1.82) is 5.41 Å². The molecule has 0 bridgehead atoms. The lowest BCUT2D eigenvalue weighted by Crippen LogP contribution is -1.97. The van der Waals surface area contributed by atoms with E-state index >= 15 is 0 Å². The van der Waals surface area contributed by atoms with Crippen molar-refractivity contribution in [2.75, 3.05) is 6.61 Å². The third-order valence-corrected chi connectivity index (χ3v) is 9.44. The highest BCUT2D eigenvalue weighted by Gasteiger charge is 2.22. The lowest BCUT2D eigenvalue weighted by atomic mass is 9.90. The largest absolute Gasteiger partial charge is 0.492 e. The fourth-order valence-electron chi connectivity index (χ4n) is 7.26. The molecule has 0 amide bonds. The van der Waals surface area contributed by atoms with E-state index in [-0.39, 0.29) is 0 Å². The number of imidazole rings is 1. The molecule has 228 valence electrons. The summed E-state index contributed by atoms with van der Waals surface area (Å²) in [7, 11) is 0. The van der Waals surface area contributed by atoms with Gasteiger partial charge in [0, 0.05) is 35.0 Å². The topological polar surface area (TPSA) is 50.9 Å². The van der Waals surface area contributed by atoms with E-state index in [1.807, 2.05) is 18.2 Å². The molecule has 1 aliphatic rings. The second-order valence-corrected chi connectivity index (χ2v) is 12.2. The van der Waals surface area contributed by atoms with Crippen LogP contribution in [-0.4, -0.2) is 22.4 Å². The van der Waals surface area contributed by atoms with Gasteiger partial charge in [0.1, 0.15) is 11.6 Å². The number of rotatable bonds is 6. The van der Waals surface area contributed by atoms with Gasteiger partial charge in [-0.3, -0.25) is 4.57 Å². The van der Waals surface area contributed by atoms with Crippen molar-refractivity contribution < 1.29 is 4.74 Å². The Morgan fingerprint density at radius 2 is 1.38 bits per heavy atom. The van der Waals surface area contributed by atoms with Crippen molar-refractivity contribution in [1.82, 2.24) is 9.55 Å². The minimum Gasteiger partial charge on any atom is -0.492 e. The summed E-state index contributed by atoms with van der Waals surface area (Å²) in [5, 5.41) is 12.2. The molecule has 48 heavy (non-hydrogen) atoms. The molecule has 0 saturated carbocycles. The van der Waals surface area contributed by atoms with E-state index < -0.39 is 0 Å². The average Bonchev–Trinajstić information content (AvgIpc) is 3.79. The standard InChI is InChI=1S/C44H31N3O/c45-24-9-14-29-21-22-38(43-36(29)23-25-48-43)37-18-8-12-32-27-39-31(28-40(32)37)11-7-17-35(39)30-10-6-13-33(26-30)44-46-41-19-4-5-20-42(41)47(44)34-15-2-1-3-16-34/h1-22,24,26-28,45H,23,25H2/b14-9-,45-24?. The first-order chi connectivity index (χ1) is 23.8. The first-order valence-corrected chi connectivity index (χ1v) is 16.3. The molecule has 1 N–H and O–H groups in total. The van der Waals surface area contributed by atoms with Crippen molar-refractivity contribution in [2.24, 2.45) is 0 Å². The molecule has 0 aliphatic carbocycles. The molecule has 0 unspecified atom stereocenters. The van der Waals surface area contributed by atoms with Gasteiger partial charge in [0.05, 0.1) is 17.6 Å². The number of nitrogens with zero attached hydrogens (tertiary/aromatic N) is 2. The van der Waals surface area contributed by atoms with Crippen LogP contribution >= 0.6 is 0 Å². The summed E-state index contributed by atoms with van der Waals surface area (Å²) in [5.41, 5.74) is 11.2. The fraction of sp³-hybridized carbons (Fsp3) is 0.0455. The van der Waals surface area contributed by atoms with Crippen LogP contribution in [0.2, 0.25) is 0 Å². The summed E-state index contributed by atoms with van der Waals surface area (Å²) in [4.78, 5) is 5.12. The SMILES string of the molecule is N=C/C=C\c1ccc(-c2cccc3cc4c(-c5cccc(-c6nc7ccccc7n6-c6ccccc6)c5)cccc4cc23)c2c1CCO2. The predicted molar refractivity (Wildman–Crippen MR) is 199 cm³/mol. The van der Waals surface area contributed by atoms with Crippen LogP contribution in [0.5, 0.6) is 5.75 Å². The summed E-state index contributed by atoms with van der Waals surface area (Å²) in [5.74, 6) is 1.88. The van der Waals surface area contributed by atoms with Gasteiger partial charge in [-0.25, -0.2) is 4.98 Å². The van der Waals surface area contributed by atoms with Gasteiger partial charge in [-0.15, -0.1) is 0 Å². The molecule has 0 spiro atoms. The third-order valence-electron chi connectivity index (χ3n) is 9.44. The number of allylic oxidation sites excluding steroid dienone is 1. The second-order valence-electron chi connectivity index (χ2n) is 12.2. The van der Waals surface area contributed by atoms with Gasteiger partial charge < -0.3 is 10.1 Å². The van der Waals surface area contributed by atoms with Crippen LogP contribution in [0.3, 0.4) is 0 Å². The smallest absolute Gasteiger partial charge is 0.145 e. The van der Waals surface area contributed by atoms with Crippen molar-refractivity contribution in [3.63, 3.8) is 0 Å². The third kappa shape index (κ3) is 4.61. The van der Waals surface area contributed by atoms with E-state index in [4.69, 9.17) is 15.1 Å². The zero-order chi connectivity index (χ0) is 32.0. The summed E-state index contributed by atoms with van der Waals surface area (Å²) in [6.45, 7) is 0.676. The maximum atomic E-state index is 7.42. The van der Waals surface area contributed by atoms with Crippen LogP contribution in [0, 0.1) is 5.41 Å². The number of hydrogen-bond donors (Lipinski definition) is 1. The van der Waals surface area contributed by atoms with Crippen LogP contribution in [0.15, 0.2) is 146 Å². The molecule has 0 radical (unpaired) electrons. The minimum absolute atomic E-state index is 0.676. The summed E-state index contributed by atoms with van der Waals surface area (Å²) in [6.07, 6.45) is 5.95. The normalized spacial score (nSPS) is 12.6. The molecule has 1 aromatic heterocycles. The highest BCUT2D eigenvalue weighted by Crippen LogP contribution is 2.43. The first-order valence-electron chi connectivity index (χ1n) is 16.3. The number of hydrogen-bond acceptors (Lipinski definition) is 3. The molecule has 1 aliphatic heterocycles. The van der Waals surface area contributed by atoms with Crippen LogP contribution in [0.4, 0.5) is 0 Å². The zero-order valence-corrected chi connectivity index (χ0v) is 26.2. The summed E-state index contributed by atoms with van der Waals surface area (Å²) in [6, 6.07) is 49.7. The van der Waals surface area contributed by atoms with Gasteiger partial charge in [-0.05, 0) is 92.3 Å². The predicted octanol–water partition coefficient (Wildman–Crippen LogP) is 10.9. The lowest BCUT2D eigenvalue weighted by molar-refractivity contribution is 0.358. The molecule has 4 nitrogen and oxygen atoms in total. The van der Waals surface area contributed by atoms with E-state index in [0.717, 1.165) is 57.0 Å². The number of benzene rings is 7. The van der Waals surface area contributed by atoms with Crippen LogP contribution in [-0.2, 0) is 6.42 Å². The highest BCUT2D eigenvalue weighted by atomic mass is 16.5. The van der Waals surface area contributed by atoms with Gasteiger partial charge in [0.25, 0.3) is 0 Å². The Labute approximate surface area is 278 Å². The van der Waals surface area contributed by atoms with Gasteiger partial charge in [0.2, 0.25) is 0 Å². The summed E-state index contributed by atoms with van der Waals surface area (Å²) < 4.78 is 8.48. The minimum atomic E-state index is 0.676. The summed E-state index contributed by atoms with van der Waals surface area (Å²) >= 11 is 0. The van der Waals surface area contributed by atoms with Crippen molar-refractivity contribution in [3.8, 4) is 45.1 Å². The molecule has 0 saturated heterocycles. The molecule has 2 heterocycles. The molecular formula is C44H31N3O. The van der Waals surface area contributed by atoms with E-state index in [1.165, 1.54) is 44.4 Å². The highest BCUT2D eigenvalue weighted by molar-refractivity contribution is 6.09. The maximum Gasteiger partial charge on any atom is 0.145 e. The van der Waals surface area contributed by atoms with Gasteiger partial charge in [-0.1, -0.05) is 103 Å². The van der Waals surface area contributed by atoms with E-state index in [1.54, 1.807) is 6.08 Å². The van der Waals surface area contributed by atoms with Crippen molar-refractivity contribution >= 4 is 44.9 Å². The van der Waals surface area contributed by atoms with E-state index in [2.05, 4.69) is 132 Å². The second kappa shape index (κ2) is 11.5. The molecular weight excluding hydrogens is 587 g/mol. The Kier molecular flexibility index (Phi) is 6.72. The number of ether oxygens (including phenoxy) is 1. The van der Waals surface area contributed by atoms with Crippen LogP contribution in [0.1, 0.15) is 11.1 Å². The Morgan fingerprint density at radius 3 is 2.21 bits per heavy atom. The van der Waals surface area contributed by atoms with E-state index in [0.29, 0.717) is 6.61 Å². The van der Waals surface area contributed by atoms with Crippen molar-refractivity contribution in [2.45, 2.75) is 6.42 Å². The monoisotopic (exact) mass is 617 g/mol. The van der Waals surface area contributed by atoms with Crippen LogP contribution < -0.4 is 4.74 Å². The molecule has 9 rings (SSSR count). The lowest BCUT2D eigenvalue weighted by Gasteiger charge is -2.15. The molecule has 8 aromatic rings. The zero-order valence-electron chi connectivity index (χ0n) is 26.2. The van der Waals surface area contributed by atoms with Crippen molar-refractivity contribution in [3.05, 3.63) is 157 Å². The van der Waals surface area contributed by atoms with E-state index in [9.17, 15) is 0 Å². The first kappa shape index (κ1) is 28.0. The van der Waals surface area contributed by atoms with Gasteiger partial charge >= 0.3 is 0 Å².